The number of rotatable bonds is 6. The Morgan fingerprint density at radius 2 is 1.70 bits per heavy atom. The van der Waals surface area contributed by atoms with Gasteiger partial charge in [0.25, 0.3) is 0 Å². The molecular weight excluding hydrogens is 381 g/mol. The first-order valence-corrected chi connectivity index (χ1v) is 8.51. The van der Waals surface area contributed by atoms with Gasteiger partial charge in [-0.05, 0) is 29.8 Å². The van der Waals surface area contributed by atoms with Gasteiger partial charge in [0, 0.05) is 31.5 Å². The Labute approximate surface area is 159 Å². The maximum atomic E-state index is 13.2. The predicted octanol–water partition coefficient (Wildman–Crippen LogP) is 4.42. The van der Waals surface area contributed by atoms with Crippen molar-refractivity contribution in [2.75, 3.05) is 11.4 Å². The Balaban J connectivity index is 2.02. The van der Waals surface area contributed by atoms with Crippen LogP contribution >= 0.6 is 11.6 Å². The Hall–Kier alpha value is -2.54. The van der Waals surface area contributed by atoms with Gasteiger partial charge in [0.15, 0.2) is 0 Å². The van der Waals surface area contributed by atoms with Crippen LogP contribution in [0.15, 0.2) is 48.5 Å². The number of para-hydroxylation sites is 1. The average Bonchev–Trinajstić information content (AvgIpc) is 2.60. The van der Waals surface area contributed by atoms with E-state index in [9.17, 15) is 22.8 Å². The second-order valence-corrected chi connectivity index (χ2v) is 6.28. The summed E-state index contributed by atoms with van der Waals surface area (Å²) < 4.78 is 39.5. The van der Waals surface area contributed by atoms with E-state index in [0.717, 1.165) is 16.5 Å². The van der Waals surface area contributed by atoms with Crippen LogP contribution in [0.1, 0.15) is 24.5 Å². The van der Waals surface area contributed by atoms with Crippen LogP contribution in [-0.2, 0) is 22.3 Å². The van der Waals surface area contributed by atoms with Gasteiger partial charge < -0.3 is 10.2 Å². The second kappa shape index (κ2) is 8.90. The van der Waals surface area contributed by atoms with Crippen LogP contribution in [0.25, 0.3) is 0 Å². The minimum atomic E-state index is -4.60. The van der Waals surface area contributed by atoms with E-state index in [-0.39, 0.29) is 31.1 Å². The van der Waals surface area contributed by atoms with Crippen LogP contribution in [0.3, 0.4) is 0 Å². The molecule has 0 aromatic heterocycles. The smallest absolute Gasteiger partial charge is 0.352 e. The number of anilines is 1. The normalized spacial score (nSPS) is 11.1. The molecule has 144 valence electrons. The first-order chi connectivity index (χ1) is 12.7. The molecule has 8 heteroatoms. The van der Waals surface area contributed by atoms with E-state index in [1.54, 1.807) is 24.3 Å². The Kier molecular flexibility index (Phi) is 6.85. The van der Waals surface area contributed by atoms with Crippen molar-refractivity contribution in [3.63, 3.8) is 0 Å². The number of alkyl halides is 3. The molecule has 0 atom stereocenters. The molecule has 0 aliphatic heterocycles. The fourth-order valence-electron chi connectivity index (χ4n) is 2.50. The lowest BCUT2D eigenvalue weighted by Gasteiger charge is -2.24. The van der Waals surface area contributed by atoms with Gasteiger partial charge >= 0.3 is 6.18 Å². The van der Waals surface area contributed by atoms with Crippen molar-refractivity contribution in [2.45, 2.75) is 26.1 Å². The van der Waals surface area contributed by atoms with Gasteiger partial charge in [-0.2, -0.15) is 13.2 Å². The molecular formula is C19H18ClF3N2O2. The van der Waals surface area contributed by atoms with E-state index in [2.05, 4.69) is 5.32 Å². The molecule has 0 saturated heterocycles. The van der Waals surface area contributed by atoms with Crippen molar-refractivity contribution in [1.29, 1.82) is 0 Å². The van der Waals surface area contributed by atoms with Gasteiger partial charge in [-0.1, -0.05) is 35.9 Å². The molecule has 0 radical (unpaired) electrons. The maximum Gasteiger partial charge on any atom is 0.418 e. The number of amides is 2. The Morgan fingerprint density at radius 1 is 1.07 bits per heavy atom. The van der Waals surface area contributed by atoms with E-state index >= 15 is 0 Å². The summed E-state index contributed by atoms with van der Waals surface area (Å²) in [6.07, 6.45) is -4.72. The van der Waals surface area contributed by atoms with Crippen LogP contribution in [0.5, 0.6) is 0 Å². The van der Waals surface area contributed by atoms with Gasteiger partial charge in [0.1, 0.15) is 0 Å². The number of nitrogens with zero attached hydrogens (tertiary/aromatic N) is 1. The molecule has 0 bridgehead atoms. The standard InChI is InChI=1S/C19H18ClF3N2O2/c1-13(26)25(17-5-3-2-4-16(17)19(21,22)23)11-10-18(27)24-12-14-6-8-15(20)9-7-14/h2-9H,10-12H2,1H3,(H,24,27). The number of nitrogens with one attached hydrogen (secondary N) is 1. The Morgan fingerprint density at radius 3 is 2.30 bits per heavy atom. The van der Waals surface area contributed by atoms with E-state index in [0.29, 0.717) is 5.02 Å². The van der Waals surface area contributed by atoms with E-state index in [1.165, 1.54) is 25.1 Å². The average molecular weight is 399 g/mol. The Bertz CT molecular complexity index is 807. The summed E-state index contributed by atoms with van der Waals surface area (Å²) in [5.74, 6) is -0.946. The van der Waals surface area contributed by atoms with Gasteiger partial charge in [-0.25, -0.2) is 0 Å². The lowest BCUT2D eigenvalue weighted by Crippen LogP contribution is -2.35. The molecule has 0 saturated carbocycles. The minimum absolute atomic E-state index is 0.126. The summed E-state index contributed by atoms with van der Waals surface area (Å²) in [4.78, 5) is 24.9. The lowest BCUT2D eigenvalue weighted by atomic mass is 10.1. The van der Waals surface area contributed by atoms with E-state index in [4.69, 9.17) is 11.6 Å². The molecule has 27 heavy (non-hydrogen) atoms. The molecule has 1 N–H and O–H groups in total. The topological polar surface area (TPSA) is 49.4 Å². The number of halogens is 4. The molecule has 0 aliphatic carbocycles. The second-order valence-electron chi connectivity index (χ2n) is 5.84. The molecule has 2 rings (SSSR count). The van der Waals surface area contributed by atoms with Crippen LogP contribution in [0.2, 0.25) is 5.02 Å². The van der Waals surface area contributed by atoms with Crippen molar-refractivity contribution in [3.05, 3.63) is 64.7 Å². The first kappa shape index (κ1) is 20.8. The minimum Gasteiger partial charge on any atom is -0.352 e. The van der Waals surface area contributed by atoms with Gasteiger partial charge in [0.2, 0.25) is 11.8 Å². The van der Waals surface area contributed by atoms with E-state index < -0.39 is 17.6 Å². The highest BCUT2D eigenvalue weighted by atomic mass is 35.5. The third kappa shape index (κ3) is 5.99. The molecule has 2 aromatic carbocycles. The van der Waals surface area contributed by atoms with Crippen molar-refractivity contribution in [3.8, 4) is 0 Å². The summed E-state index contributed by atoms with van der Waals surface area (Å²) in [7, 11) is 0. The SMILES string of the molecule is CC(=O)N(CCC(=O)NCc1ccc(Cl)cc1)c1ccccc1C(F)(F)F. The summed E-state index contributed by atoms with van der Waals surface area (Å²) in [6.45, 7) is 1.27. The van der Waals surface area contributed by atoms with Crippen LogP contribution in [-0.4, -0.2) is 18.4 Å². The zero-order valence-corrected chi connectivity index (χ0v) is 15.3. The molecule has 0 heterocycles. The number of carbonyl (C=O) groups excluding carboxylic acids is 2. The fourth-order valence-corrected chi connectivity index (χ4v) is 2.63. The number of benzene rings is 2. The largest absolute Gasteiger partial charge is 0.418 e. The fraction of sp³-hybridized carbons (Fsp3) is 0.263. The highest BCUT2D eigenvalue weighted by Crippen LogP contribution is 2.36. The van der Waals surface area contributed by atoms with E-state index in [1.807, 2.05) is 0 Å². The highest BCUT2D eigenvalue weighted by Gasteiger charge is 2.35. The highest BCUT2D eigenvalue weighted by molar-refractivity contribution is 6.30. The first-order valence-electron chi connectivity index (χ1n) is 8.14. The zero-order chi connectivity index (χ0) is 20.0. The summed E-state index contributed by atoms with van der Waals surface area (Å²) in [5.41, 5.74) is -0.344. The predicted molar refractivity (Wildman–Crippen MR) is 97.4 cm³/mol. The van der Waals surface area contributed by atoms with Gasteiger partial charge in [0.05, 0.1) is 11.3 Å². The van der Waals surface area contributed by atoms with Crippen molar-refractivity contribution >= 4 is 29.1 Å². The van der Waals surface area contributed by atoms with Gasteiger partial charge in [-0.3, -0.25) is 9.59 Å². The third-order valence-electron chi connectivity index (χ3n) is 3.85. The summed E-state index contributed by atoms with van der Waals surface area (Å²) >= 11 is 5.79. The van der Waals surface area contributed by atoms with Crippen LogP contribution in [0.4, 0.5) is 18.9 Å². The maximum absolute atomic E-state index is 13.2. The van der Waals surface area contributed by atoms with Crippen molar-refractivity contribution in [1.82, 2.24) is 5.32 Å². The molecule has 0 spiro atoms. The molecule has 2 amide bonds. The van der Waals surface area contributed by atoms with Gasteiger partial charge in [-0.15, -0.1) is 0 Å². The molecule has 0 fully saturated rings. The molecule has 0 aliphatic rings. The molecule has 2 aromatic rings. The van der Waals surface area contributed by atoms with Crippen LogP contribution < -0.4 is 10.2 Å². The van der Waals surface area contributed by atoms with Crippen LogP contribution in [0, 0.1) is 0 Å². The molecule has 4 nitrogen and oxygen atoms in total. The molecule has 0 unspecified atom stereocenters. The monoisotopic (exact) mass is 398 g/mol. The third-order valence-corrected chi connectivity index (χ3v) is 4.10. The zero-order valence-electron chi connectivity index (χ0n) is 14.5. The van der Waals surface area contributed by atoms with Crippen molar-refractivity contribution in [2.24, 2.45) is 0 Å². The summed E-state index contributed by atoms with van der Waals surface area (Å²) in [6, 6.07) is 11.7. The quantitative estimate of drug-likeness (QED) is 0.783. The summed E-state index contributed by atoms with van der Waals surface area (Å²) in [5, 5.41) is 3.24. The number of hydrogen-bond donors (Lipinski definition) is 1. The van der Waals surface area contributed by atoms with Crippen molar-refractivity contribution < 1.29 is 22.8 Å². The number of carbonyl (C=O) groups is 2. The lowest BCUT2D eigenvalue weighted by molar-refractivity contribution is -0.137. The number of hydrogen-bond acceptors (Lipinski definition) is 2.